The highest BCUT2D eigenvalue weighted by Gasteiger charge is 2.40. The molecule has 1 heterocycles. The maximum absolute atomic E-state index is 13.5. The van der Waals surface area contributed by atoms with Gasteiger partial charge in [0.05, 0.1) is 0 Å². The van der Waals surface area contributed by atoms with Gasteiger partial charge in [-0.15, -0.1) is 0 Å². The molecule has 2 aromatic rings. The number of halogens is 4. The van der Waals surface area contributed by atoms with Crippen molar-refractivity contribution in [2.24, 2.45) is 10.7 Å². The Bertz CT molecular complexity index is 833. The van der Waals surface area contributed by atoms with E-state index in [1.165, 1.54) is 24.3 Å². The van der Waals surface area contributed by atoms with Crippen LogP contribution in [0.5, 0.6) is 0 Å². The van der Waals surface area contributed by atoms with Crippen LogP contribution in [0.15, 0.2) is 59.6 Å². The van der Waals surface area contributed by atoms with Crippen molar-refractivity contribution in [1.29, 1.82) is 0 Å². The summed E-state index contributed by atoms with van der Waals surface area (Å²) in [6, 6.07) is 10.4. The molecule has 0 unspecified atom stereocenters. The highest BCUT2D eigenvalue weighted by Crippen LogP contribution is 2.36. The van der Waals surface area contributed by atoms with Crippen LogP contribution in [-0.4, -0.2) is 24.8 Å². The van der Waals surface area contributed by atoms with E-state index < -0.39 is 12.2 Å². The van der Waals surface area contributed by atoms with Crippen LogP contribution >= 0.6 is 11.6 Å². The van der Waals surface area contributed by atoms with Gasteiger partial charge < -0.3 is 15.8 Å². The summed E-state index contributed by atoms with van der Waals surface area (Å²) in [5.74, 6) is 0. The van der Waals surface area contributed by atoms with E-state index in [1.807, 2.05) is 12.2 Å². The van der Waals surface area contributed by atoms with E-state index in [4.69, 9.17) is 22.1 Å². The number of rotatable bonds is 5. The molecule has 0 aliphatic carbocycles. The van der Waals surface area contributed by atoms with Gasteiger partial charge in [0, 0.05) is 10.7 Å². The molecule has 0 fully saturated rings. The third-order valence-corrected chi connectivity index (χ3v) is 4.21. The topological polar surface area (TPSA) is 59.6 Å². The molecule has 0 aromatic heterocycles. The second-order valence-electron chi connectivity index (χ2n) is 6.00. The predicted molar refractivity (Wildman–Crippen MR) is 101 cm³/mol. The van der Waals surface area contributed by atoms with Crippen molar-refractivity contribution >= 4 is 29.4 Å². The molecule has 0 bridgehead atoms. The molecule has 142 valence electrons. The number of benzene rings is 2. The summed E-state index contributed by atoms with van der Waals surface area (Å²) >= 11 is 5.76. The number of ether oxygens (including phenoxy) is 1. The second-order valence-corrected chi connectivity index (χ2v) is 6.43. The summed E-state index contributed by atoms with van der Waals surface area (Å²) < 4.78 is 45.4. The lowest BCUT2D eigenvalue weighted by molar-refractivity contribution is -0.144. The van der Waals surface area contributed by atoms with Gasteiger partial charge in [-0.3, -0.25) is 0 Å². The van der Waals surface area contributed by atoms with E-state index in [0.29, 0.717) is 17.3 Å². The molecule has 0 spiro atoms. The molecule has 2 atom stereocenters. The average Bonchev–Trinajstić information content (AvgIpc) is 3.04. The first kappa shape index (κ1) is 19.1. The highest BCUT2D eigenvalue weighted by atomic mass is 35.5. The maximum Gasteiger partial charge on any atom is 0.412 e. The first-order chi connectivity index (χ1) is 12.8. The normalized spacial score (nSPS) is 18.2. The molecule has 4 nitrogen and oxygen atoms in total. The molecule has 2 aromatic carbocycles. The standard InChI is InChI=1S/C19H17ClF3N3O/c20-14-6-4-13(5-7-14)17(19(21,22)23)25-15-8-1-12(2-9-15)3-10-16-11-27-18(24)26-16/h1-10,16-17,25H,11H2,(H2,24,26)/t16-,17+/m0/s1. The number of nitrogens with zero attached hydrogens (tertiary/aromatic N) is 1. The van der Waals surface area contributed by atoms with Crippen LogP contribution in [0, 0.1) is 0 Å². The lowest BCUT2D eigenvalue weighted by Gasteiger charge is -2.23. The summed E-state index contributed by atoms with van der Waals surface area (Å²) in [4.78, 5) is 4.07. The number of anilines is 1. The van der Waals surface area contributed by atoms with E-state index in [1.54, 1.807) is 24.3 Å². The quantitative estimate of drug-likeness (QED) is 0.765. The van der Waals surface area contributed by atoms with E-state index in [9.17, 15) is 13.2 Å². The fourth-order valence-electron chi connectivity index (χ4n) is 2.60. The summed E-state index contributed by atoms with van der Waals surface area (Å²) in [6.45, 7) is 0.385. The molecule has 0 radical (unpaired) electrons. The van der Waals surface area contributed by atoms with Crippen LogP contribution in [0.25, 0.3) is 6.08 Å². The number of hydrogen-bond donors (Lipinski definition) is 2. The molecular formula is C19H17ClF3N3O. The first-order valence-electron chi connectivity index (χ1n) is 8.14. The van der Waals surface area contributed by atoms with Gasteiger partial charge in [-0.1, -0.05) is 48.0 Å². The van der Waals surface area contributed by atoms with Crippen LogP contribution in [-0.2, 0) is 4.74 Å². The van der Waals surface area contributed by atoms with Crippen molar-refractivity contribution in [1.82, 2.24) is 0 Å². The van der Waals surface area contributed by atoms with Gasteiger partial charge in [0.2, 0.25) is 0 Å². The molecule has 27 heavy (non-hydrogen) atoms. The SMILES string of the molecule is NC1=N[C@@H](C=Cc2ccc(N[C@H](c3ccc(Cl)cc3)C(F)(F)F)cc2)CO1. The van der Waals surface area contributed by atoms with E-state index in [2.05, 4.69) is 10.3 Å². The molecule has 0 amide bonds. The molecule has 8 heteroatoms. The second kappa shape index (κ2) is 7.92. The van der Waals surface area contributed by atoms with Gasteiger partial charge in [-0.2, -0.15) is 13.2 Å². The lowest BCUT2D eigenvalue weighted by atomic mass is 10.1. The van der Waals surface area contributed by atoms with E-state index in [-0.39, 0.29) is 17.6 Å². The number of nitrogens with one attached hydrogen (secondary N) is 1. The number of alkyl halides is 3. The lowest BCUT2D eigenvalue weighted by Crippen LogP contribution is -2.27. The van der Waals surface area contributed by atoms with Crippen molar-refractivity contribution in [2.45, 2.75) is 18.3 Å². The molecule has 1 aliphatic rings. The summed E-state index contributed by atoms with van der Waals surface area (Å²) in [5, 5.41) is 2.92. The van der Waals surface area contributed by atoms with Crippen molar-refractivity contribution < 1.29 is 17.9 Å². The summed E-state index contributed by atoms with van der Waals surface area (Å²) in [6.07, 6.45) is -0.804. The Hall–Kier alpha value is -2.67. The van der Waals surface area contributed by atoms with Crippen LogP contribution < -0.4 is 11.1 Å². The third kappa shape index (κ3) is 5.17. The van der Waals surface area contributed by atoms with Crippen molar-refractivity contribution in [2.75, 3.05) is 11.9 Å². The van der Waals surface area contributed by atoms with Crippen LogP contribution in [0.4, 0.5) is 18.9 Å². The van der Waals surface area contributed by atoms with Gasteiger partial charge in [0.25, 0.3) is 6.02 Å². The third-order valence-electron chi connectivity index (χ3n) is 3.96. The fourth-order valence-corrected chi connectivity index (χ4v) is 2.72. The zero-order valence-corrected chi connectivity index (χ0v) is 14.8. The molecule has 0 saturated carbocycles. The van der Waals surface area contributed by atoms with Gasteiger partial charge >= 0.3 is 6.18 Å². The monoisotopic (exact) mass is 395 g/mol. The Morgan fingerprint density at radius 3 is 2.37 bits per heavy atom. The van der Waals surface area contributed by atoms with Crippen LogP contribution in [0.1, 0.15) is 17.2 Å². The van der Waals surface area contributed by atoms with Crippen molar-refractivity contribution in [3.8, 4) is 0 Å². The molecule has 3 rings (SSSR count). The fraction of sp³-hybridized carbons (Fsp3) is 0.211. The Morgan fingerprint density at radius 1 is 1.15 bits per heavy atom. The van der Waals surface area contributed by atoms with E-state index >= 15 is 0 Å². The Labute approximate surface area is 159 Å². The molecule has 3 N–H and O–H groups in total. The minimum absolute atomic E-state index is 0.0903. The summed E-state index contributed by atoms with van der Waals surface area (Å²) in [7, 11) is 0. The molecular weight excluding hydrogens is 379 g/mol. The average molecular weight is 396 g/mol. The Morgan fingerprint density at radius 2 is 1.81 bits per heavy atom. The number of nitrogens with two attached hydrogens (primary N) is 1. The maximum atomic E-state index is 13.5. The van der Waals surface area contributed by atoms with E-state index in [0.717, 1.165) is 5.56 Å². The highest BCUT2D eigenvalue weighted by molar-refractivity contribution is 6.30. The predicted octanol–water partition coefficient (Wildman–Crippen LogP) is 4.78. The minimum atomic E-state index is -4.45. The van der Waals surface area contributed by atoms with Crippen LogP contribution in [0.3, 0.4) is 0 Å². The van der Waals surface area contributed by atoms with Gasteiger partial charge in [-0.25, -0.2) is 4.99 Å². The van der Waals surface area contributed by atoms with Gasteiger partial charge in [0.1, 0.15) is 18.7 Å². The first-order valence-corrected chi connectivity index (χ1v) is 8.52. The van der Waals surface area contributed by atoms with Gasteiger partial charge in [0.15, 0.2) is 0 Å². The smallest absolute Gasteiger partial charge is 0.412 e. The Kier molecular flexibility index (Phi) is 5.60. The zero-order valence-electron chi connectivity index (χ0n) is 14.1. The number of amidine groups is 1. The molecule has 0 saturated heterocycles. The summed E-state index contributed by atoms with van der Waals surface area (Å²) in [5.41, 5.74) is 6.72. The number of hydrogen-bond acceptors (Lipinski definition) is 4. The van der Waals surface area contributed by atoms with Crippen LogP contribution in [0.2, 0.25) is 5.02 Å². The molecule has 1 aliphatic heterocycles. The van der Waals surface area contributed by atoms with Crippen molar-refractivity contribution in [3.63, 3.8) is 0 Å². The van der Waals surface area contributed by atoms with Crippen molar-refractivity contribution in [3.05, 3.63) is 70.8 Å². The van der Waals surface area contributed by atoms with Gasteiger partial charge in [-0.05, 0) is 35.4 Å². The largest absolute Gasteiger partial charge is 0.463 e. The minimum Gasteiger partial charge on any atom is -0.463 e. The number of aliphatic imine (C=N–C) groups is 1. The Balaban J connectivity index is 1.71. The zero-order chi connectivity index (χ0) is 19.4.